The number of carbonyl (C=O) groups excluding carboxylic acids is 1. The molecule has 0 aromatic heterocycles. The molecule has 80 valence electrons. The second kappa shape index (κ2) is 4.80. The Bertz CT molecular complexity index is 224. The lowest BCUT2D eigenvalue weighted by atomic mass is 10.3. The van der Waals surface area contributed by atoms with Crippen LogP contribution in [0.25, 0.3) is 0 Å². The predicted molar refractivity (Wildman–Crippen MR) is 50.1 cm³/mol. The van der Waals surface area contributed by atoms with Crippen LogP contribution in [0.5, 0.6) is 0 Å². The molecule has 6 heteroatoms. The molecule has 1 rings (SSSR count). The second-order valence-corrected chi connectivity index (χ2v) is 3.21. The molecular weight excluding hydrogens is 186 g/mol. The van der Waals surface area contributed by atoms with Gasteiger partial charge in [-0.05, 0) is 0 Å². The van der Waals surface area contributed by atoms with Gasteiger partial charge < -0.3 is 15.3 Å². The molecule has 1 fully saturated rings. The fourth-order valence-corrected chi connectivity index (χ4v) is 1.46. The Balaban J connectivity index is 2.31. The van der Waals surface area contributed by atoms with Crippen LogP contribution in [0.3, 0.4) is 0 Å². The van der Waals surface area contributed by atoms with Gasteiger partial charge in [0.15, 0.2) is 0 Å². The molecule has 1 aliphatic rings. The number of carboxylic acid groups (broad SMARTS) is 1. The zero-order valence-corrected chi connectivity index (χ0v) is 8.19. The van der Waals surface area contributed by atoms with E-state index in [2.05, 4.69) is 5.32 Å². The van der Waals surface area contributed by atoms with E-state index in [0.29, 0.717) is 26.2 Å². The Labute approximate surface area is 82.5 Å². The van der Waals surface area contributed by atoms with Crippen LogP contribution in [0.15, 0.2) is 0 Å². The standard InChI is InChI=1S/C8H15N3O3/c1-9-8(14)11-4-2-10(3-5-11)6-7(12)13/h2-6H2,1H3,(H,9,14)(H,12,13). The van der Waals surface area contributed by atoms with Gasteiger partial charge in [-0.15, -0.1) is 0 Å². The van der Waals surface area contributed by atoms with Gasteiger partial charge in [0, 0.05) is 33.2 Å². The maximum atomic E-state index is 11.2. The van der Waals surface area contributed by atoms with Crippen molar-refractivity contribution in [2.45, 2.75) is 0 Å². The summed E-state index contributed by atoms with van der Waals surface area (Å²) in [6, 6.07) is -0.0972. The Morgan fingerprint density at radius 2 is 1.86 bits per heavy atom. The molecule has 0 bridgehead atoms. The topological polar surface area (TPSA) is 72.9 Å². The smallest absolute Gasteiger partial charge is 0.317 e. The number of amides is 2. The molecule has 14 heavy (non-hydrogen) atoms. The zero-order valence-electron chi connectivity index (χ0n) is 8.19. The Morgan fingerprint density at radius 1 is 1.29 bits per heavy atom. The molecular formula is C8H15N3O3. The van der Waals surface area contributed by atoms with E-state index < -0.39 is 5.97 Å². The quantitative estimate of drug-likeness (QED) is 0.603. The predicted octanol–water partition coefficient (Wildman–Crippen LogP) is -0.972. The van der Waals surface area contributed by atoms with Crippen LogP contribution < -0.4 is 5.32 Å². The number of piperazine rings is 1. The van der Waals surface area contributed by atoms with Gasteiger partial charge in [-0.2, -0.15) is 0 Å². The normalized spacial score (nSPS) is 17.9. The van der Waals surface area contributed by atoms with Crippen molar-refractivity contribution in [2.24, 2.45) is 0 Å². The lowest BCUT2D eigenvalue weighted by Gasteiger charge is -2.33. The van der Waals surface area contributed by atoms with Crippen LogP contribution in [0.2, 0.25) is 0 Å². The van der Waals surface area contributed by atoms with Gasteiger partial charge in [0.2, 0.25) is 0 Å². The molecule has 2 amide bonds. The molecule has 6 nitrogen and oxygen atoms in total. The number of nitrogens with one attached hydrogen (secondary N) is 1. The van der Waals surface area contributed by atoms with E-state index in [1.165, 1.54) is 0 Å². The third-order valence-corrected chi connectivity index (χ3v) is 2.23. The number of nitrogens with zero attached hydrogens (tertiary/aromatic N) is 2. The molecule has 0 saturated carbocycles. The van der Waals surface area contributed by atoms with E-state index in [0.717, 1.165) is 0 Å². The molecule has 0 radical (unpaired) electrons. The van der Waals surface area contributed by atoms with Gasteiger partial charge in [0.1, 0.15) is 0 Å². The highest BCUT2D eigenvalue weighted by molar-refractivity contribution is 5.74. The van der Waals surface area contributed by atoms with E-state index in [4.69, 9.17) is 5.11 Å². The first kappa shape index (κ1) is 10.8. The van der Waals surface area contributed by atoms with Crippen LogP contribution in [0.1, 0.15) is 0 Å². The third-order valence-electron chi connectivity index (χ3n) is 2.23. The van der Waals surface area contributed by atoms with Crippen LogP contribution in [-0.4, -0.2) is 66.7 Å². The van der Waals surface area contributed by atoms with Crippen LogP contribution in [0.4, 0.5) is 4.79 Å². The maximum absolute atomic E-state index is 11.2. The molecule has 1 aliphatic heterocycles. The number of carbonyl (C=O) groups is 2. The van der Waals surface area contributed by atoms with Gasteiger partial charge in [-0.1, -0.05) is 0 Å². The monoisotopic (exact) mass is 201 g/mol. The minimum absolute atomic E-state index is 0.0571. The molecule has 0 aromatic carbocycles. The van der Waals surface area contributed by atoms with E-state index >= 15 is 0 Å². The molecule has 1 heterocycles. The molecule has 1 saturated heterocycles. The van der Waals surface area contributed by atoms with Crippen molar-refractivity contribution in [2.75, 3.05) is 39.8 Å². The van der Waals surface area contributed by atoms with E-state index in [1.54, 1.807) is 11.9 Å². The number of hydrogen-bond acceptors (Lipinski definition) is 3. The highest BCUT2D eigenvalue weighted by atomic mass is 16.4. The minimum Gasteiger partial charge on any atom is -0.480 e. The van der Waals surface area contributed by atoms with E-state index in [9.17, 15) is 9.59 Å². The van der Waals surface area contributed by atoms with Crippen molar-refractivity contribution in [3.05, 3.63) is 0 Å². The summed E-state index contributed by atoms with van der Waals surface area (Å²) < 4.78 is 0. The fraction of sp³-hybridized carbons (Fsp3) is 0.750. The first-order chi connectivity index (χ1) is 6.63. The number of rotatable bonds is 2. The Morgan fingerprint density at radius 3 is 2.29 bits per heavy atom. The van der Waals surface area contributed by atoms with Crippen molar-refractivity contribution < 1.29 is 14.7 Å². The van der Waals surface area contributed by atoms with Gasteiger partial charge in [0.05, 0.1) is 6.54 Å². The van der Waals surface area contributed by atoms with Crippen molar-refractivity contribution >= 4 is 12.0 Å². The second-order valence-electron chi connectivity index (χ2n) is 3.21. The Kier molecular flexibility index (Phi) is 3.70. The summed E-state index contributed by atoms with van der Waals surface area (Å²) >= 11 is 0. The molecule has 0 atom stereocenters. The van der Waals surface area contributed by atoms with Gasteiger partial charge in [-0.25, -0.2) is 4.79 Å². The van der Waals surface area contributed by atoms with Crippen molar-refractivity contribution in [1.29, 1.82) is 0 Å². The van der Waals surface area contributed by atoms with Gasteiger partial charge in [0.25, 0.3) is 0 Å². The highest BCUT2D eigenvalue weighted by Gasteiger charge is 2.20. The minimum atomic E-state index is -0.821. The van der Waals surface area contributed by atoms with Crippen molar-refractivity contribution in [3.63, 3.8) is 0 Å². The van der Waals surface area contributed by atoms with Crippen LogP contribution in [0, 0.1) is 0 Å². The van der Waals surface area contributed by atoms with Crippen LogP contribution in [-0.2, 0) is 4.79 Å². The van der Waals surface area contributed by atoms with Crippen molar-refractivity contribution in [3.8, 4) is 0 Å². The summed E-state index contributed by atoms with van der Waals surface area (Å²) in [5.41, 5.74) is 0. The largest absolute Gasteiger partial charge is 0.480 e. The summed E-state index contributed by atoms with van der Waals surface area (Å²) in [6.45, 7) is 2.49. The SMILES string of the molecule is CNC(=O)N1CCN(CC(=O)O)CC1. The van der Waals surface area contributed by atoms with E-state index in [-0.39, 0.29) is 12.6 Å². The molecule has 0 aromatic rings. The highest BCUT2D eigenvalue weighted by Crippen LogP contribution is 2.00. The number of hydrogen-bond donors (Lipinski definition) is 2. The summed E-state index contributed by atoms with van der Waals surface area (Å²) in [5, 5.41) is 11.1. The molecule has 2 N–H and O–H groups in total. The molecule has 0 unspecified atom stereocenters. The maximum Gasteiger partial charge on any atom is 0.317 e. The fourth-order valence-electron chi connectivity index (χ4n) is 1.46. The van der Waals surface area contributed by atoms with Crippen molar-refractivity contribution in [1.82, 2.24) is 15.1 Å². The molecule has 0 spiro atoms. The number of carboxylic acids is 1. The zero-order chi connectivity index (χ0) is 10.6. The van der Waals surface area contributed by atoms with Gasteiger partial charge in [-0.3, -0.25) is 9.69 Å². The average Bonchev–Trinajstić information content (AvgIpc) is 2.17. The third kappa shape index (κ3) is 2.88. The van der Waals surface area contributed by atoms with Crippen LogP contribution >= 0.6 is 0 Å². The lowest BCUT2D eigenvalue weighted by Crippen LogP contribution is -2.52. The summed E-state index contributed by atoms with van der Waals surface area (Å²) in [7, 11) is 1.59. The lowest BCUT2D eigenvalue weighted by molar-refractivity contribution is -0.138. The van der Waals surface area contributed by atoms with Gasteiger partial charge >= 0.3 is 12.0 Å². The number of urea groups is 1. The first-order valence-corrected chi connectivity index (χ1v) is 4.54. The van der Waals surface area contributed by atoms with E-state index in [1.807, 2.05) is 4.90 Å². The first-order valence-electron chi connectivity index (χ1n) is 4.54. The number of aliphatic carboxylic acids is 1. The average molecular weight is 201 g/mol. The summed E-state index contributed by atoms with van der Waals surface area (Å²) in [4.78, 5) is 25.1. The Hall–Kier alpha value is -1.30. The summed E-state index contributed by atoms with van der Waals surface area (Å²) in [6.07, 6.45) is 0. The molecule has 0 aliphatic carbocycles. The summed E-state index contributed by atoms with van der Waals surface area (Å²) in [5.74, 6) is -0.821.